The van der Waals surface area contributed by atoms with E-state index in [0.717, 1.165) is 18.6 Å². The molecule has 0 unspecified atom stereocenters. The molecule has 0 aromatic heterocycles. The van der Waals surface area contributed by atoms with Crippen molar-refractivity contribution in [3.05, 3.63) is 71.3 Å². The van der Waals surface area contributed by atoms with Gasteiger partial charge in [0.2, 0.25) is 0 Å². The number of hydrogen-bond acceptors (Lipinski definition) is 4. The van der Waals surface area contributed by atoms with E-state index in [9.17, 15) is 9.59 Å². The summed E-state index contributed by atoms with van der Waals surface area (Å²) in [6, 6.07) is 14.0. The molecule has 2 aromatic rings. The maximum Gasteiger partial charge on any atom is 0.344 e. The zero-order valence-electron chi connectivity index (χ0n) is 13.5. The van der Waals surface area contributed by atoms with Gasteiger partial charge in [0.25, 0.3) is 0 Å². The molecule has 0 N–H and O–H groups in total. The van der Waals surface area contributed by atoms with Crippen LogP contribution in [0.25, 0.3) is 5.76 Å². The highest BCUT2D eigenvalue weighted by atomic mass is 16.5. The molecule has 4 heteroatoms. The van der Waals surface area contributed by atoms with Gasteiger partial charge in [0.05, 0.1) is 12.2 Å². The largest absolute Gasteiger partial charge is 0.494 e. The second-order valence-corrected chi connectivity index (χ2v) is 5.53. The number of hydrogen-bond donors (Lipinski definition) is 0. The van der Waals surface area contributed by atoms with E-state index in [1.165, 1.54) is 6.08 Å². The Bertz CT molecular complexity index is 788. The van der Waals surface area contributed by atoms with Crippen LogP contribution in [0, 0.1) is 0 Å². The molecule has 0 aliphatic carbocycles. The number of carbonyl (C=O) groups is 2. The Kier molecular flexibility index (Phi) is 4.75. The SMILES string of the molecule is CCCCOc1ccc(C(=O)C=C2OC(=O)c3ccccc32)cc1. The van der Waals surface area contributed by atoms with Crippen molar-refractivity contribution in [1.29, 1.82) is 0 Å². The fourth-order valence-electron chi connectivity index (χ4n) is 2.45. The van der Waals surface area contributed by atoms with Crippen LogP contribution in [0.4, 0.5) is 0 Å². The first kappa shape index (κ1) is 16.0. The third-order valence-electron chi connectivity index (χ3n) is 3.78. The van der Waals surface area contributed by atoms with Gasteiger partial charge in [-0.2, -0.15) is 0 Å². The van der Waals surface area contributed by atoms with Gasteiger partial charge in [-0.05, 0) is 36.8 Å². The summed E-state index contributed by atoms with van der Waals surface area (Å²) in [7, 11) is 0. The Labute approximate surface area is 140 Å². The number of rotatable bonds is 6. The molecule has 0 fully saturated rings. The van der Waals surface area contributed by atoms with Crippen LogP contribution < -0.4 is 4.74 Å². The molecule has 0 radical (unpaired) electrons. The Morgan fingerprint density at radius 1 is 1.08 bits per heavy atom. The van der Waals surface area contributed by atoms with Gasteiger partial charge < -0.3 is 9.47 Å². The van der Waals surface area contributed by atoms with Crippen molar-refractivity contribution < 1.29 is 19.1 Å². The Balaban J connectivity index is 1.75. The summed E-state index contributed by atoms with van der Waals surface area (Å²) in [5.74, 6) is 0.396. The predicted molar refractivity (Wildman–Crippen MR) is 91.0 cm³/mol. The lowest BCUT2D eigenvalue weighted by molar-refractivity contribution is 0.0715. The number of allylic oxidation sites excluding steroid dienone is 1. The molecular formula is C20H18O4. The minimum absolute atomic E-state index is 0.213. The molecule has 1 heterocycles. The Morgan fingerprint density at radius 3 is 2.50 bits per heavy atom. The lowest BCUT2D eigenvalue weighted by Gasteiger charge is -2.05. The molecule has 4 nitrogen and oxygen atoms in total. The van der Waals surface area contributed by atoms with Crippen molar-refractivity contribution in [2.75, 3.05) is 6.61 Å². The number of carbonyl (C=O) groups excluding carboxylic acids is 2. The van der Waals surface area contributed by atoms with Gasteiger partial charge in [-0.1, -0.05) is 31.5 Å². The van der Waals surface area contributed by atoms with E-state index >= 15 is 0 Å². The molecule has 1 aliphatic rings. The first-order valence-electron chi connectivity index (χ1n) is 7.99. The standard InChI is InChI=1S/C20H18O4/c1-2-3-12-23-15-10-8-14(9-11-15)18(21)13-19-16-6-4-5-7-17(16)20(22)24-19/h4-11,13H,2-3,12H2,1H3. The predicted octanol–water partition coefficient (Wildman–Crippen LogP) is 4.26. The number of ether oxygens (including phenoxy) is 2. The zero-order valence-corrected chi connectivity index (χ0v) is 13.5. The number of cyclic esters (lactones) is 1. The molecule has 24 heavy (non-hydrogen) atoms. The topological polar surface area (TPSA) is 52.6 Å². The second kappa shape index (κ2) is 7.13. The van der Waals surface area contributed by atoms with Crippen LogP contribution in [0.5, 0.6) is 5.75 Å². The average molecular weight is 322 g/mol. The summed E-state index contributed by atoms with van der Waals surface area (Å²) in [6.45, 7) is 2.77. The molecule has 3 rings (SSSR count). The van der Waals surface area contributed by atoms with Crippen LogP contribution in [0.3, 0.4) is 0 Å². The van der Waals surface area contributed by atoms with Gasteiger partial charge in [-0.25, -0.2) is 4.79 Å². The van der Waals surface area contributed by atoms with Gasteiger partial charge in [-0.3, -0.25) is 4.79 Å². The van der Waals surface area contributed by atoms with Crippen LogP contribution in [0.1, 0.15) is 46.0 Å². The van der Waals surface area contributed by atoms with E-state index in [1.54, 1.807) is 42.5 Å². The maximum atomic E-state index is 12.4. The minimum atomic E-state index is -0.427. The van der Waals surface area contributed by atoms with Crippen molar-refractivity contribution in [3.8, 4) is 5.75 Å². The molecule has 0 atom stereocenters. The molecule has 0 bridgehead atoms. The smallest absolute Gasteiger partial charge is 0.344 e. The number of unbranched alkanes of at least 4 members (excludes halogenated alkanes) is 1. The summed E-state index contributed by atoms with van der Waals surface area (Å²) >= 11 is 0. The van der Waals surface area contributed by atoms with E-state index in [-0.39, 0.29) is 5.78 Å². The molecular weight excluding hydrogens is 304 g/mol. The van der Waals surface area contributed by atoms with E-state index in [0.29, 0.717) is 29.1 Å². The highest BCUT2D eigenvalue weighted by Gasteiger charge is 2.26. The van der Waals surface area contributed by atoms with Crippen molar-refractivity contribution in [3.63, 3.8) is 0 Å². The molecule has 2 aromatic carbocycles. The van der Waals surface area contributed by atoms with Gasteiger partial charge >= 0.3 is 5.97 Å². The monoisotopic (exact) mass is 322 g/mol. The number of benzene rings is 2. The van der Waals surface area contributed by atoms with Crippen molar-refractivity contribution in [1.82, 2.24) is 0 Å². The van der Waals surface area contributed by atoms with Crippen LogP contribution in [-0.2, 0) is 4.74 Å². The summed E-state index contributed by atoms with van der Waals surface area (Å²) in [6.07, 6.45) is 3.43. The fraction of sp³-hybridized carbons (Fsp3) is 0.200. The van der Waals surface area contributed by atoms with Gasteiger partial charge in [0, 0.05) is 17.2 Å². The van der Waals surface area contributed by atoms with E-state index in [4.69, 9.17) is 9.47 Å². The van der Waals surface area contributed by atoms with Crippen LogP contribution in [0.15, 0.2) is 54.6 Å². The van der Waals surface area contributed by atoms with Gasteiger partial charge in [0.15, 0.2) is 5.78 Å². The molecule has 0 saturated carbocycles. The average Bonchev–Trinajstić information content (AvgIpc) is 2.92. The fourth-order valence-corrected chi connectivity index (χ4v) is 2.45. The summed E-state index contributed by atoms with van der Waals surface area (Å²) in [5.41, 5.74) is 1.65. The van der Waals surface area contributed by atoms with E-state index < -0.39 is 5.97 Å². The summed E-state index contributed by atoms with van der Waals surface area (Å²) < 4.78 is 10.8. The molecule has 122 valence electrons. The summed E-state index contributed by atoms with van der Waals surface area (Å²) in [4.78, 5) is 24.2. The quantitative estimate of drug-likeness (QED) is 0.345. The van der Waals surface area contributed by atoms with Crippen molar-refractivity contribution in [2.24, 2.45) is 0 Å². The highest BCUT2D eigenvalue weighted by Crippen LogP contribution is 2.29. The molecule has 1 aliphatic heterocycles. The first-order valence-corrected chi connectivity index (χ1v) is 7.99. The normalized spacial score (nSPS) is 14.4. The number of esters is 1. The van der Waals surface area contributed by atoms with Crippen LogP contribution >= 0.6 is 0 Å². The van der Waals surface area contributed by atoms with Crippen molar-refractivity contribution in [2.45, 2.75) is 19.8 Å². The lowest BCUT2D eigenvalue weighted by atomic mass is 10.1. The van der Waals surface area contributed by atoms with Crippen LogP contribution in [0.2, 0.25) is 0 Å². The zero-order chi connectivity index (χ0) is 16.9. The van der Waals surface area contributed by atoms with E-state index in [1.807, 2.05) is 6.07 Å². The lowest BCUT2D eigenvalue weighted by Crippen LogP contribution is -1.99. The number of ketones is 1. The third kappa shape index (κ3) is 3.38. The van der Waals surface area contributed by atoms with Crippen LogP contribution in [-0.4, -0.2) is 18.4 Å². The summed E-state index contributed by atoms with van der Waals surface area (Å²) in [5, 5.41) is 0. The first-order chi connectivity index (χ1) is 11.7. The molecule has 0 saturated heterocycles. The number of fused-ring (bicyclic) bond motifs is 1. The molecule has 0 spiro atoms. The Hall–Kier alpha value is -2.88. The second-order valence-electron chi connectivity index (χ2n) is 5.53. The highest BCUT2D eigenvalue weighted by molar-refractivity contribution is 6.12. The van der Waals surface area contributed by atoms with E-state index in [2.05, 4.69) is 6.92 Å². The minimum Gasteiger partial charge on any atom is -0.494 e. The van der Waals surface area contributed by atoms with Crippen molar-refractivity contribution >= 4 is 17.5 Å². The maximum absolute atomic E-state index is 12.4. The van der Waals surface area contributed by atoms with Gasteiger partial charge in [0.1, 0.15) is 11.5 Å². The van der Waals surface area contributed by atoms with Gasteiger partial charge in [-0.15, -0.1) is 0 Å². The Morgan fingerprint density at radius 2 is 1.79 bits per heavy atom. The molecule has 0 amide bonds. The third-order valence-corrected chi connectivity index (χ3v) is 3.78.